The van der Waals surface area contributed by atoms with Crippen LogP contribution in [0.2, 0.25) is 0 Å². The number of phenolic OH excluding ortho intramolecular Hbond substituents is 1. The third kappa shape index (κ3) is 3.74. The summed E-state index contributed by atoms with van der Waals surface area (Å²) in [5.74, 6) is -1.98. The third-order valence-electron chi connectivity index (χ3n) is 2.39. The summed E-state index contributed by atoms with van der Waals surface area (Å²) in [7, 11) is 0. The van der Waals surface area contributed by atoms with Crippen LogP contribution in [0.3, 0.4) is 0 Å². The second kappa shape index (κ2) is 6.02. The van der Waals surface area contributed by atoms with Crippen molar-refractivity contribution in [2.24, 2.45) is 0 Å². The van der Waals surface area contributed by atoms with Crippen LogP contribution in [0, 0.1) is 6.92 Å². The van der Waals surface area contributed by atoms with Crippen LogP contribution < -0.4 is 5.32 Å². The van der Waals surface area contributed by atoms with E-state index in [1.54, 1.807) is 13.0 Å². The number of benzene rings is 1. The van der Waals surface area contributed by atoms with Crippen LogP contribution in [0.5, 0.6) is 5.75 Å². The number of hydrogen-bond donors (Lipinski definition) is 4. The van der Waals surface area contributed by atoms with Gasteiger partial charge >= 0.3 is 5.97 Å². The van der Waals surface area contributed by atoms with Crippen LogP contribution in [-0.2, 0) is 4.79 Å². The minimum Gasteiger partial charge on any atom is -0.507 e. The van der Waals surface area contributed by atoms with Gasteiger partial charge in [-0.15, -0.1) is 0 Å². The van der Waals surface area contributed by atoms with Crippen molar-refractivity contribution in [1.29, 1.82) is 0 Å². The normalized spacial score (nSPS) is 11.9. The summed E-state index contributed by atoms with van der Waals surface area (Å²) in [6.07, 6.45) is -1.59. The highest BCUT2D eigenvalue weighted by molar-refractivity contribution is 5.97. The Morgan fingerprint density at radius 1 is 1.39 bits per heavy atom. The van der Waals surface area contributed by atoms with Crippen molar-refractivity contribution >= 4 is 11.9 Å². The van der Waals surface area contributed by atoms with E-state index in [0.29, 0.717) is 0 Å². The molecular formula is C12H15NO5. The van der Waals surface area contributed by atoms with Gasteiger partial charge in [0.25, 0.3) is 5.91 Å². The lowest BCUT2D eigenvalue weighted by Crippen LogP contribution is -2.30. The number of aromatic hydroxyl groups is 1. The molecule has 0 radical (unpaired) electrons. The molecule has 0 bridgehead atoms. The Labute approximate surface area is 104 Å². The van der Waals surface area contributed by atoms with E-state index < -0.39 is 18.0 Å². The van der Waals surface area contributed by atoms with Crippen molar-refractivity contribution in [2.45, 2.75) is 19.4 Å². The second-order valence-corrected chi connectivity index (χ2v) is 3.92. The van der Waals surface area contributed by atoms with Crippen molar-refractivity contribution in [3.05, 3.63) is 29.3 Å². The lowest BCUT2D eigenvalue weighted by atomic mass is 10.1. The molecule has 0 heterocycles. The molecule has 4 N–H and O–H groups in total. The molecule has 18 heavy (non-hydrogen) atoms. The van der Waals surface area contributed by atoms with Crippen molar-refractivity contribution in [1.82, 2.24) is 5.32 Å². The van der Waals surface area contributed by atoms with Gasteiger partial charge in [0.1, 0.15) is 5.75 Å². The monoisotopic (exact) mass is 253 g/mol. The number of carboxylic acids is 1. The first-order valence-electron chi connectivity index (χ1n) is 5.40. The molecule has 1 amide bonds. The van der Waals surface area contributed by atoms with Crippen LogP contribution in [0.25, 0.3) is 0 Å². The van der Waals surface area contributed by atoms with Crippen LogP contribution in [0.1, 0.15) is 22.3 Å². The van der Waals surface area contributed by atoms with Crippen molar-refractivity contribution in [3.8, 4) is 5.75 Å². The number of aliphatic carboxylic acids is 1. The predicted octanol–water partition coefficient (Wildman–Crippen LogP) is 0.266. The molecule has 0 aromatic heterocycles. The standard InChI is InChI=1S/C12H15NO5/c1-7-2-3-9(14)8(6-7)11(16)13-5-4-10(15)12(17)18/h2-3,6,10,14-15H,4-5H2,1H3,(H,13,16)(H,17,18)/t10-/m0/s1. The largest absolute Gasteiger partial charge is 0.507 e. The average molecular weight is 253 g/mol. The first-order chi connectivity index (χ1) is 8.41. The minimum atomic E-state index is -1.50. The fourth-order valence-corrected chi connectivity index (χ4v) is 1.37. The molecule has 0 spiro atoms. The topological polar surface area (TPSA) is 107 Å². The highest BCUT2D eigenvalue weighted by Crippen LogP contribution is 2.17. The quantitative estimate of drug-likeness (QED) is 0.602. The molecule has 0 fully saturated rings. The molecule has 0 saturated carbocycles. The van der Waals surface area contributed by atoms with Crippen LogP contribution in [0.15, 0.2) is 18.2 Å². The molecular weight excluding hydrogens is 238 g/mol. The smallest absolute Gasteiger partial charge is 0.332 e. The van der Waals surface area contributed by atoms with Crippen molar-refractivity contribution in [3.63, 3.8) is 0 Å². The number of carbonyl (C=O) groups is 2. The molecule has 6 nitrogen and oxygen atoms in total. The number of aryl methyl sites for hydroxylation is 1. The molecule has 1 rings (SSSR count). The molecule has 0 aliphatic rings. The summed E-state index contributed by atoms with van der Waals surface area (Å²) in [6.45, 7) is 1.80. The molecule has 0 saturated heterocycles. The molecule has 98 valence electrons. The van der Waals surface area contributed by atoms with Gasteiger partial charge in [-0.05, 0) is 19.1 Å². The lowest BCUT2D eigenvalue weighted by Gasteiger charge is -2.09. The van der Waals surface area contributed by atoms with Gasteiger partial charge in [-0.25, -0.2) is 4.79 Å². The molecule has 1 aromatic rings. The minimum absolute atomic E-state index is 0.0136. The first kappa shape index (κ1) is 14.0. The van der Waals surface area contributed by atoms with Crippen molar-refractivity contribution in [2.75, 3.05) is 6.54 Å². The first-order valence-corrected chi connectivity index (χ1v) is 5.40. The summed E-state index contributed by atoms with van der Waals surface area (Å²) in [4.78, 5) is 22.0. The maximum absolute atomic E-state index is 11.7. The summed E-state index contributed by atoms with van der Waals surface area (Å²) >= 11 is 0. The second-order valence-electron chi connectivity index (χ2n) is 3.92. The Kier molecular flexibility index (Phi) is 4.67. The Balaban J connectivity index is 2.55. The SMILES string of the molecule is Cc1ccc(O)c(C(=O)NCC[C@H](O)C(=O)O)c1. The number of nitrogens with one attached hydrogen (secondary N) is 1. The van der Waals surface area contributed by atoms with Crippen LogP contribution in [0.4, 0.5) is 0 Å². The van der Waals surface area contributed by atoms with E-state index in [-0.39, 0.29) is 24.3 Å². The Morgan fingerprint density at radius 2 is 2.06 bits per heavy atom. The zero-order chi connectivity index (χ0) is 13.7. The maximum Gasteiger partial charge on any atom is 0.332 e. The van der Waals surface area contributed by atoms with Gasteiger partial charge < -0.3 is 20.6 Å². The molecule has 1 aromatic carbocycles. The third-order valence-corrected chi connectivity index (χ3v) is 2.39. The number of carbonyl (C=O) groups excluding carboxylic acids is 1. The van der Waals surface area contributed by atoms with Gasteiger partial charge in [-0.3, -0.25) is 4.79 Å². The number of aliphatic hydroxyl groups excluding tert-OH is 1. The van der Waals surface area contributed by atoms with Gasteiger partial charge in [0.2, 0.25) is 0 Å². The van der Waals surface area contributed by atoms with E-state index in [0.717, 1.165) is 5.56 Å². The van der Waals surface area contributed by atoms with Crippen molar-refractivity contribution < 1.29 is 24.9 Å². The number of amides is 1. The lowest BCUT2D eigenvalue weighted by molar-refractivity contribution is -0.146. The summed E-state index contributed by atoms with van der Waals surface area (Å²) < 4.78 is 0. The highest BCUT2D eigenvalue weighted by Gasteiger charge is 2.14. The summed E-state index contributed by atoms with van der Waals surface area (Å²) in [5.41, 5.74) is 0.948. The fraction of sp³-hybridized carbons (Fsp3) is 0.333. The van der Waals surface area contributed by atoms with Crippen LogP contribution >= 0.6 is 0 Å². The van der Waals surface area contributed by atoms with E-state index in [4.69, 9.17) is 10.2 Å². The number of aliphatic hydroxyl groups is 1. The zero-order valence-corrected chi connectivity index (χ0v) is 9.88. The average Bonchev–Trinajstić information content (AvgIpc) is 2.31. The van der Waals surface area contributed by atoms with Gasteiger partial charge in [0.05, 0.1) is 5.56 Å². The maximum atomic E-state index is 11.7. The zero-order valence-electron chi connectivity index (χ0n) is 9.88. The number of carboxylic acid groups (broad SMARTS) is 1. The highest BCUT2D eigenvalue weighted by atomic mass is 16.4. The van der Waals surface area contributed by atoms with Gasteiger partial charge in [-0.2, -0.15) is 0 Å². The van der Waals surface area contributed by atoms with E-state index in [9.17, 15) is 14.7 Å². The molecule has 1 atom stereocenters. The van der Waals surface area contributed by atoms with E-state index in [1.165, 1.54) is 12.1 Å². The molecule has 0 aliphatic carbocycles. The van der Waals surface area contributed by atoms with E-state index in [2.05, 4.69) is 5.32 Å². The Hall–Kier alpha value is -2.08. The molecule has 6 heteroatoms. The summed E-state index contributed by atoms with van der Waals surface area (Å²) in [5, 5.41) is 29.4. The Morgan fingerprint density at radius 3 is 2.67 bits per heavy atom. The fourth-order valence-electron chi connectivity index (χ4n) is 1.37. The van der Waals surface area contributed by atoms with Gasteiger partial charge in [-0.1, -0.05) is 11.6 Å². The van der Waals surface area contributed by atoms with Gasteiger partial charge in [0.15, 0.2) is 6.10 Å². The number of phenols is 1. The van der Waals surface area contributed by atoms with E-state index >= 15 is 0 Å². The number of hydrogen-bond acceptors (Lipinski definition) is 4. The number of rotatable bonds is 5. The van der Waals surface area contributed by atoms with Gasteiger partial charge in [0, 0.05) is 13.0 Å². The molecule has 0 unspecified atom stereocenters. The molecule has 0 aliphatic heterocycles. The Bertz CT molecular complexity index is 458. The van der Waals surface area contributed by atoms with Crippen LogP contribution in [-0.4, -0.2) is 39.8 Å². The summed E-state index contributed by atoms with van der Waals surface area (Å²) in [6, 6.07) is 4.61. The van der Waals surface area contributed by atoms with E-state index in [1.807, 2.05) is 0 Å². The predicted molar refractivity (Wildman–Crippen MR) is 63.4 cm³/mol.